The Hall–Kier alpha value is -2.43. The van der Waals surface area contributed by atoms with Gasteiger partial charge in [-0.25, -0.2) is 9.82 Å². The normalized spacial score (nSPS) is 18.0. The third kappa shape index (κ3) is 2.93. The van der Waals surface area contributed by atoms with Crippen LogP contribution in [0.4, 0.5) is 4.39 Å². The van der Waals surface area contributed by atoms with E-state index >= 15 is 0 Å². The first-order valence-electron chi connectivity index (χ1n) is 7.14. The lowest BCUT2D eigenvalue weighted by atomic mass is 9.76. The number of amides is 1. The number of hydrogen-bond donors (Lipinski definition) is 1. The zero-order valence-electron chi connectivity index (χ0n) is 12.5. The number of carbonyl (C=O) groups excluding carboxylic acids is 1. The van der Waals surface area contributed by atoms with Crippen molar-refractivity contribution in [3.8, 4) is 0 Å². The van der Waals surface area contributed by atoms with E-state index in [2.05, 4.69) is 24.4 Å². The average molecular weight is 300 g/mol. The zero-order valence-corrected chi connectivity index (χ0v) is 12.5. The van der Waals surface area contributed by atoms with Crippen LogP contribution < -0.4 is 5.43 Å². The summed E-state index contributed by atoms with van der Waals surface area (Å²) in [6.45, 7) is 4.27. The number of carbonyl (C=O) groups is 1. The Labute approximate surface area is 128 Å². The Bertz CT molecular complexity index is 729. The monoisotopic (exact) mass is 300 g/mol. The van der Waals surface area contributed by atoms with Crippen molar-refractivity contribution in [3.63, 3.8) is 0 Å². The second-order valence-electron chi connectivity index (χ2n) is 6.28. The molecular formula is C17H17FN2O2. The standard InChI is InChI=1S/C17H17FN2O2/c1-17(2)9-14(13-7-8-22-15(13)10-17)19-20-16(21)11-3-5-12(18)6-4-11/h3-8H,9-10H2,1-2H3,(H,20,21)/b19-14+. The Kier molecular flexibility index (Phi) is 3.56. The summed E-state index contributed by atoms with van der Waals surface area (Å²) in [4.78, 5) is 12.0. The highest BCUT2D eigenvalue weighted by atomic mass is 19.1. The molecule has 1 N–H and O–H groups in total. The number of halogens is 1. The van der Waals surface area contributed by atoms with Gasteiger partial charge in [-0.15, -0.1) is 0 Å². The lowest BCUT2D eigenvalue weighted by Crippen LogP contribution is -2.29. The summed E-state index contributed by atoms with van der Waals surface area (Å²) >= 11 is 0. The quantitative estimate of drug-likeness (QED) is 0.863. The van der Waals surface area contributed by atoms with E-state index < -0.39 is 0 Å². The van der Waals surface area contributed by atoms with Crippen LogP contribution in [-0.2, 0) is 6.42 Å². The highest BCUT2D eigenvalue weighted by Crippen LogP contribution is 2.35. The first-order chi connectivity index (χ1) is 10.4. The summed E-state index contributed by atoms with van der Waals surface area (Å²) in [5, 5.41) is 4.25. The summed E-state index contributed by atoms with van der Waals surface area (Å²) in [7, 11) is 0. The molecule has 0 aliphatic heterocycles. The SMILES string of the molecule is CC1(C)C/C(=N\NC(=O)c2ccc(F)cc2)c2ccoc2C1. The number of nitrogens with one attached hydrogen (secondary N) is 1. The number of furan rings is 1. The van der Waals surface area contributed by atoms with Gasteiger partial charge in [0, 0.05) is 17.5 Å². The Morgan fingerprint density at radius 1 is 1.23 bits per heavy atom. The lowest BCUT2D eigenvalue weighted by Gasteiger charge is -2.29. The molecular weight excluding hydrogens is 283 g/mol. The van der Waals surface area contributed by atoms with Gasteiger partial charge in [0.15, 0.2) is 0 Å². The summed E-state index contributed by atoms with van der Waals surface area (Å²) in [6, 6.07) is 7.23. The minimum atomic E-state index is -0.375. The molecule has 0 fully saturated rings. The van der Waals surface area contributed by atoms with Crippen LogP contribution >= 0.6 is 0 Å². The van der Waals surface area contributed by atoms with Crippen LogP contribution in [0.3, 0.4) is 0 Å². The fourth-order valence-electron chi connectivity index (χ4n) is 2.66. The second-order valence-corrected chi connectivity index (χ2v) is 6.28. The summed E-state index contributed by atoms with van der Waals surface area (Å²) in [5.41, 5.74) is 4.69. The lowest BCUT2D eigenvalue weighted by molar-refractivity contribution is 0.0954. The molecule has 2 aromatic rings. The number of benzene rings is 1. The van der Waals surface area contributed by atoms with Crippen LogP contribution in [0.2, 0.25) is 0 Å². The van der Waals surface area contributed by atoms with E-state index in [1.54, 1.807) is 6.26 Å². The topological polar surface area (TPSA) is 54.6 Å². The van der Waals surface area contributed by atoms with E-state index in [9.17, 15) is 9.18 Å². The van der Waals surface area contributed by atoms with E-state index in [-0.39, 0.29) is 17.1 Å². The maximum absolute atomic E-state index is 12.9. The molecule has 0 bridgehead atoms. The van der Waals surface area contributed by atoms with Gasteiger partial charge in [0.05, 0.1) is 12.0 Å². The highest BCUT2D eigenvalue weighted by molar-refractivity contribution is 6.04. The van der Waals surface area contributed by atoms with Crippen LogP contribution in [0.25, 0.3) is 0 Å². The van der Waals surface area contributed by atoms with Gasteiger partial charge >= 0.3 is 0 Å². The van der Waals surface area contributed by atoms with Crippen LogP contribution in [-0.4, -0.2) is 11.6 Å². The molecule has 0 radical (unpaired) electrons. The molecule has 0 saturated carbocycles. The summed E-state index contributed by atoms with van der Waals surface area (Å²) in [6.07, 6.45) is 3.24. The van der Waals surface area contributed by atoms with Crippen molar-refractivity contribution in [2.45, 2.75) is 26.7 Å². The van der Waals surface area contributed by atoms with Crippen molar-refractivity contribution in [1.29, 1.82) is 0 Å². The Balaban J connectivity index is 1.81. The first kappa shape index (κ1) is 14.5. The van der Waals surface area contributed by atoms with Crippen LogP contribution in [0.15, 0.2) is 46.1 Å². The van der Waals surface area contributed by atoms with Gasteiger partial charge in [-0.2, -0.15) is 5.10 Å². The van der Waals surface area contributed by atoms with Crippen molar-refractivity contribution < 1.29 is 13.6 Å². The molecule has 0 spiro atoms. The third-order valence-corrected chi connectivity index (χ3v) is 3.74. The molecule has 22 heavy (non-hydrogen) atoms. The number of rotatable bonds is 2. The predicted molar refractivity (Wildman–Crippen MR) is 81.2 cm³/mol. The smallest absolute Gasteiger partial charge is 0.271 e. The van der Waals surface area contributed by atoms with E-state index in [0.717, 1.165) is 29.9 Å². The predicted octanol–water partition coefficient (Wildman–Crippen LogP) is 3.53. The molecule has 1 aromatic carbocycles. The second kappa shape index (κ2) is 5.40. The fraction of sp³-hybridized carbons (Fsp3) is 0.294. The minimum absolute atomic E-state index is 0.0320. The molecule has 4 nitrogen and oxygen atoms in total. The molecule has 1 aromatic heterocycles. The van der Waals surface area contributed by atoms with Gasteiger partial charge in [-0.1, -0.05) is 13.8 Å². The number of nitrogens with zero attached hydrogens (tertiary/aromatic N) is 1. The van der Waals surface area contributed by atoms with Crippen LogP contribution in [0.1, 0.15) is 41.9 Å². The zero-order chi connectivity index (χ0) is 15.7. The maximum atomic E-state index is 12.9. The van der Waals surface area contributed by atoms with Crippen molar-refractivity contribution in [2.24, 2.45) is 10.5 Å². The first-order valence-corrected chi connectivity index (χ1v) is 7.14. The molecule has 1 heterocycles. The maximum Gasteiger partial charge on any atom is 0.271 e. The Morgan fingerprint density at radius 2 is 1.95 bits per heavy atom. The molecule has 0 unspecified atom stereocenters. The van der Waals surface area contributed by atoms with Gasteiger partial charge in [0.25, 0.3) is 5.91 Å². The number of hydrogen-bond acceptors (Lipinski definition) is 3. The molecule has 3 rings (SSSR count). The van der Waals surface area contributed by atoms with E-state index in [1.807, 2.05) is 6.07 Å². The van der Waals surface area contributed by atoms with E-state index in [0.29, 0.717) is 5.56 Å². The van der Waals surface area contributed by atoms with E-state index in [4.69, 9.17) is 4.42 Å². The van der Waals surface area contributed by atoms with Crippen molar-refractivity contribution >= 4 is 11.6 Å². The van der Waals surface area contributed by atoms with Crippen molar-refractivity contribution in [1.82, 2.24) is 5.43 Å². The minimum Gasteiger partial charge on any atom is -0.469 e. The van der Waals surface area contributed by atoms with Gasteiger partial charge in [-0.3, -0.25) is 4.79 Å². The molecule has 1 aliphatic carbocycles. The largest absolute Gasteiger partial charge is 0.469 e. The third-order valence-electron chi connectivity index (χ3n) is 3.74. The van der Waals surface area contributed by atoms with Crippen LogP contribution in [0.5, 0.6) is 0 Å². The number of hydrazone groups is 1. The molecule has 1 aliphatic rings. The van der Waals surface area contributed by atoms with Crippen molar-refractivity contribution in [2.75, 3.05) is 0 Å². The molecule has 0 saturated heterocycles. The molecule has 1 amide bonds. The fourth-order valence-corrected chi connectivity index (χ4v) is 2.66. The average Bonchev–Trinajstić information content (AvgIpc) is 2.92. The molecule has 0 atom stereocenters. The molecule has 114 valence electrons. The summed E-state index contributed by atoms with van der Waals surface area (Å²) in [5.74, 6) is 0.159. The van der Waals surface area contributed by atoms with Gasteiger partial charge < -0.3 is 4.42 Å². The van der Waals surface area contributed by atoms with Crippen LogP contribution in [0, 0.1) is 11.2 Å². The summed E-state index contributed by atoms with van der Waals surface area (Å²) < 4.78 is 18.4. The molecule has 5 heteroatoms. The highest BCUT2D eigenvalue weighted by Gasteiger charge is 2.31. The van der Waals surface area contributed by atoms with Gasteiger partial charge in [0.2, 0.25) is 0 Å². The van der Waals surface area contributed by atoms with Gasteiger partial charge in [-0.05, 0) is 42.2 Å². The number of fused-ring (bicyclic) bond motifs is 1. The van der Waals surface area contributed by atoms with E-state index in [1.165, 1.54) is 24.3 Å². The van der Waals surface area contributed by atoms with Gasteiger partial charge in [0.1, 0.15) is 11.6 Å². The van der Waals surface area contributed by atoms with Crippen molar-refractivity contribution in [3.05, 3.63) is 59.3 Å². The Morgan fingerprint density at radius 3 is 2.68 bits per heavy atom.